The third-order valence-electron chi connectivity index (χ3n) is 2.21. The minimum Gasteiger partial charge on any atom is -0.356 e. The van der Waals surface area contributed by atoms with Crippen LogP contribution in [0, 0.1) is 0 Å². The third kappa shape index (κ3) is 4.23. The highest BCUT2D eigenvalue weighted by molar-refractivity contribution is 9.10. The lowest BCUT2D eigenvalue weighted by Gasteiger charge is -2.12. The van der Waals surface area contributed by atoms with Gasteiger partial charge in [-0.2, -0.15) is 0 Å². The lowest BCUT2D eigenvalue weighted by molar-refractivity contribution is -0.120. The fourth-order valence-electron chi connectivity index (χ4n) is 1.39. The zero-order valence-electron chi connectivity index (χ0n) is 9.55. The molecule has 2 N–H and O–H groups in total. The number of amides is 1. The minimum atomic E-state index is 0.104. The van der Waals surface area contributed by atoms with Gasteiger partial charge in [-0.1, -0.05) is 0 Å². The number of thiophene rings is 1. The standard InChI is InChI=1S/C11H17BrN2OS/c1-3-13-10(15)4-6-14-8(2)11-9(12)5-7-16-11/h5,7-8,14H,3-4,6H2,1-2H3,(H,13,15). The molecule has 1 atom stereocenters. The highest BCUT2D eigenvalue weighted by Crippen LogP contribution is 2.28. The molecule has 5 heteroatoms. The Morgan fingerprint density at radius 2 is 2.38 bits per heavy atom. The van der Waals surface area contributed by atoms with E-state index in [-0.39, 0.29) is 11.9 Å². The van der Waals surface area contributed by atoms with Crippen molar-refractivity contribution in [2.75, 3.05) is 13.1 Å². The third-order valence-corrected chi connectivity index (χ3v) is 4.27. The molecular formula is C11H17BrN2OS. The van der Waals surface area contributed by atoms with Gasteiger partial charge in [0, 0.05) is 34.9 Å². The fourth-order valence-corrected chi connectivity index (χ4v) is 3.14. The molecule has 1 rings (SSSR count). The average Bonchev–Trinajstić information content (AvgIpc) is 2.64. The summed E-state index contributed by atoms with van der Waals surface area (Å²) >= 11 is 5.22. The normalized spacial score (nSPS) is 12.4. The van der Waals surface area contributed by atoms with Crippen LogP contribution in [0.4, 0.5) is 0 Å². The second kappa shape index (κ2) is 7.04. The van der Waals surface area contributed by atoms with Crippen molar-refractivity contribution >= 4 is 33.2 Å². The van der Waals surface area contributed by atoms with Gasteiger partial charge in [-0.25, -0.2) is 0 Å². The van der Waals surface area contributed by atoms with E-state index in [4.69, 9.17) is 0 Å². The van der Waals surface area contributed by atoms with E-state index < -0.39 is 0 Å². The molecule has 0 aromatic carbocycles. The monoisotopic (exact) mass is 304 g/mol. The van der Waals surface area contributed by atoms with Gasteiger partial charge >= 0.3 is 0 Å². The van der Waals surface area contributed by atoms with E-state index in [2.05, 4.69) is 38.9 Å². The molecule has 0 aliphatic heterocycles. The van der Waals surface area contributed by atoms with Gasteiger partial charge in [-0.05, 0) is 41.2 Å². The fraction of sp³-hybridized carbons (Fsp3) is 0.545. The zero-order valence-corrected chi connectivity index (χ0v) is 12.0. The number of rotatable bonds is 6. The Morgan fingerprint density at radius 3 is 2.94 bits per heavy atom. The molecule has 1 unspecified atom stereocenters. The maximum atomic E-state index is 11.2. The average molecular weight is 305 g/mol. The molecular weight excluding hydrogens is 288 g/mol. The van der Waals surface area contributed by atoms with Crippen molar-refractivity contribution in [1.29, 1.82) is 0 Å². The van der Waals surface area contributed by atoms with Crippen LogP contribution < -0.4 is 10.6 Å². The first-order chi connectivity index (χ1) is 7.65. The van der Waals surface area contributed by atoms with Crippen molar-refractivity contribution in [3.05, 3.63) is 20.8 Å². The Kier molecular flexibility index (Phi) is 6.01. The molecule has 0 saturated heterocycles. The van der Waals surface area contributed by atoms with E-state index in [1.165, 1.54) is 4.88 Å². The highest BCUT2D eigenvalue weighted by Gasteiger charge is 2.10. The summed E-state index contributed by atoms with van der Waals surface area (Å²) in [4.78, 5) is 12.5. The first-order valence-corrected chi connectivity index (χ1v) is 7.05. The number of carbonyl (C=O) groups is 1. The summed E-state index contributed by atoms with van der Waals surface area (Å²) in [5, 5.41) is 8.17. The van der Waals surface area contributed by atoms with E-state index in [0.29, 0.717) is 19.5 Å². The Morgan fingerprint density at radius 1 is 1.62 bits per heavy atom. The van der Waals surface area contributed by atoms with Gasteiger partial charge < -0.3 is 10.6 Å². The van der Waals surface area contributed by atoms with Crippen molar-refractivity contribution in [3.8, 4) is 0 Å². The lowest BCUT2D eigenvalue weighted by atomic mass is 10.2. The number of nitrogens with one attached hydrogen (secondary N) is 2. The summed E-state index contributed by atoms with van der Waals surface area (Å²) in [6.45, 7) is 5.44. The van der Waals surface area contributed by atoms with Crippen LogP contribution in [0.1, 0.15) is 31.2 Å². The maximum absolute atomic E-state index is 11.2. The van der Waals surface area contributed by atoms with Gasteiger partial charge in [0.25, 0.3) is 0 Å². The van der Waals surface area contributed by atoms with Crippen molar-refractivity contribution in [3.63, 3.8) is 0 Å². The molecule has 90 valence electrons. The van der Waals surface area contributed by atoms with Gasteiger partial charge in [0.05, 0.1) is 0 Å². The smallest absolute Gasteiger partial charge is 0.221 e. The van der Waals surface area contributed by atoms with E-state index in [1.54, 1.807) is 11.3 Å². The molecule has 1 amide bonds. The second-order valence-electron chi connectivity index (χ2n) is 3.51. The molecule has 16 heavy (non-hydrogen) atoms. The largest absolute Gasteiger partial charge is 0.356 e. The van der Waals surface area contributed by atoms with Crippen LogP contribution >= 0.6 is 27.3 Å². The Hall–Kier alpha value is -0.390. The van der Waals surface area contributed by atoms with Crippen molar-refractivity contribution < 1.29 is 4.79 Å². The van der Waals surface area contributed by atoms with Gasteiger partial charge in [0.1, 0.15) is 0 Å². The van der Waals surface area contributed by atoms with Crippen molar-refractivity contribution in [2.45, 2.75) is 26.3 Å². The van der Waals surface area contributed by atoms with Crippen molar-refractivity contribution in [2.24, 2.45) is 0 Å². The maximum Gasteiger partial charge on any atom is 0.221 e. The van der Waals surface area contributed by atoms with E-state index >= 15 is 0 Å². The molecule has 0 aliphatic carbocycles. The Labute approximate surface area is 109 Å². The van der Waals surface area contributed by atoms with Crippen LogP contribution in [0.15, 0.2) is 15.9 Å². The molecule has 0 aliphatic rings. The van der Waals surface area contributed by atoms with E-state index in [0.717, 1.165) is 4.47 Å². The predicted octanol–water partition coefficient (Wildman–Crippen LogP) is 2.69. The Bertz CT molecular complexity index is 340. The second-order valence-corrected chi connectivity index (χ2v) is 5.31. The Balaban J connectivity index is 2.28. The van der Waals surface area contributed by atoms with E-state index in [1.807, 2.05) is 13.0 Å². The molecule has 1 aromatic heterocycles. The quantitative estimate of drug-likeness (QED) is 0.848. The first-order valence-electron chi connectivity index (χ1n) is 5.38. The van der Waals surface area contributed by atoms with Gasteiger partial charge in [-0.3, -0.25) is 4.79 Å². The van der Waals surface area contributed by atoms with Crippen LogP contribution in [-0.4, -0.2) is 19.0 Å². The van der Waals surface area contributed by atoms with Crippen LogP contribution in [0.2, 0.25) is 0 Å². The molecule has 0 bridgehead atoms. The molecule has 3 nitrogen and oxygen atoms in total. The zero-order chi connectivity index (χ0) is 12.0. The summed E-state index contributed by atoms with van der Waals surface area (Å²) in [6.07, 6.45) is 0.529. The summed E-state index contributed by atoms with van der Waals surface area (Å²) in [6, 6.07) is 2.32. The van der Waals surface area contributed by atoms with Crippen LogP contribution in [0.5, 0.6) is 0 Å². The van der Waals surface area contributed by atoms with Gasteiger partial charge in [0.15, 0.2) is 0 Å². The summed E-state index contributed by atoms with van der Waals surface area (Å²) < 4.78 is 1.13. The van der Waals surface area contributed by atoms with Crippen molar-refractivity contribution in [1.82, 2.24) is 10.6 Å². The molecule has 0 radical (unpaired) electrons. The van der Waals surface area contributed by atoms with Crippen LogP contribution in [0.3, 0.4) is 0 Å². The molecule has 0 fully saturated rings. The van der Waals surface area contributed by atoms with Gasteiger partial charge in [-0.15, -0.1) is 11.3 Å². The number of carbonyl (C=O) groups excluding carboxylic acids is 1. The summed E-state index contributed by atoms with van der Waals surface area (Å²) in [5.74, 6) is 0.104. The lowest BCUT2D eigenvalue weighted by Crippen LogP contribution is -2.28. The molecule has 1 aromatic rings. The van der Waals surface area contributed by atoms with Crippen LogP contribution in [0.25, 0.3) is 0 Å². The predicted molar refractivity (Wildman–Crippen MR) is 71.7 cm³/mol. The number of hydrogen-bond acceptors (Lipinski definition) is 3. The van der Waals surface area contributed by atoms with E-state index in [9.17, 15) is 4.79 Å². The number of hydrogen-bond donors (Lipinski definition) is 2. The topological polar surface area (TPSA) is 41.1 Å². The minimum absolute atomic E-state index is 0.104. The van der Waals surface area contributed by atoms with Crippen LogP contribution in [-0.2, 0) is 4.79 Å². The SMILES string of the molecule is CCNC(=O)CCNC(C)c1sccc1Br. The first kappa shape index (κ1) is 13.7. The molecule has 0 spiro atoms. The van der Waals surface area contributed by atoms with Gasteiger partial charge in [0.2, 0.25) is 5.91 Å². The molecule has 1 heterocycles. The number of halogens is 1. The highest BCUT2D eigenvalue weighted by atomic mass is 79.9. The summed E-state index contributed by atoms with van der Waals surface area (Å²) in [7, 11) is 0. The summed E-state index contributed by atoms with van der Waals surface area (Å²) in [5.41, 5.74) is 0. The molecule has 0 saturated carbocycles.